The number of hydrogen-bond donors (Lipinski definition) is 0. The van der Waals surface area contributed by atoms with Crippen molar-refractivity contribution in [2.75, 3.05) is 0 Å². The molecule has 1 unspecified atom stereocenters. The Labute approximate surface area is 291 Å². The Bertz CT molecular complexity index is 1540. The van der Waals surface area contributed by atoms with Crippen molar-refractivity contribution in [3.63, 3.8) is 0 Å². The van der Waals surface area contributed by atoms with Crippen molar-refractivity contribution >= 4 is 31.8 Å². The average Bonchev–Trinajstić information content (AvgIpc) is 3.30. The molecule has 0 spiro atoms. The van der Waals surface area contributed by atoms with Crippen molar-refractivity contribution in [1.29, 1.82) is 0 Å². The lowest BCUT2D eigenvalue weighted by molar-refractivity contribution is -0.0438. The molecule has 0 amide bonds. The van der Waals surface area contributed by atoms with Gasteiger partial charge in [0.15, 0.2) is 16.6 Å². The molecule has 0 saturated heterocycles. The zero-order valence-electron chi connectivity index (χ0n) is 31.8. The molecule has 5 rings (SSSR count). The molecule has 47 heavy (non-hydrogen) atoms. The molecule has 7 heteroatoms. The molecule has 3 saturated carbocycles. The van der Waals surface area contributed by atoms with Gasteiger partial charge in [0.05, 0.1) is 17.1 Å². The molecule has 4 aliphatic carbocycles. The van der Waals surface area contributed by atoms with Crippen molar-refractivity contribution < 1.29 is 17.3 Å². The summed E-state index contributed by atoms with van der Waals surface area (Å²) < 4.78 is 40.1. The number of hydrogen-bond acceptors (Lipinski definition) is 4. The minimum atomic E-state index is -2.25. The maximum absolute atomic E-state index is 12.7. The van der Waals surface area contributed by atoms with Gasteiger partial charge in [-0.05, 0) is 109 Å². The Kier molecular flexibility index (Phi) is 9.85. The lowest BCUT2D eigenvalue weighted by Crippen LogP contribution is -2.58. The number of rotatable bonds is 7. The van der Waals surface area contributed by atoms with E-state index in [1.165, 1.54) is 5.57 Å². The Morgan fingerprint density at radius 3 is 2.02 bits per heavy atom. The molecular formula is C40H64O4SSi2. The van der Waals surface area contributed by atoms with Gasteiger partial charge in [0.1, 0.15) is 0 Å². The van der Waals surface area contributed by atoms with Crippen LogP contribution in [0.2, 0.25) is 36.3 Å². The van der Waals surface area contributed by atoms with E-state index < -0.39 is 26.9 Å². The maximum atomic E-state index is 12.7. The second kappa shape index (κ2) is 12.5. The molecule has 262 valence electrons. The summed E-state index contributed by atoms with van der Waals surface area (Å²) in [5.41, 5.74) is 3.99. The Balaban J connectivity index is 1.51. The third-order valence-electron chi connectivity index (χ3n) is 14.4. The normalized spacial score (nSPS) is 33.6. The van der Waals surface area contributed by atoms with Crippen molar-refractivity contribution in [3.05, 3.63) is 59.2 Å². The van der Waals surface area contributed by atoms with E-state index in [0.717, 1.165) is 44.1 Å². The van der Waals surface area contributed by atoms with Gasteiger partial charge in [0.25, 0.3) is 0 Å². The van der Waals surface area contributed by atoms with E-state index in [9.17, 15) is 8.42 Å². The van der Waals surface area contributed by atoms with Crippen LogP contribution in [0, 0.1) is 34.5 Å². The molecular weight excluding hydrogens is 633 g/mol. The fourth-order valence-corrected chi connectivity index (χ4v) is 13.1. The van der Waals surface area contributed by atoms with Gasteiger partial charge in [-0.1, -0.05) is 116 Å². The summed E-state index contributed by atoms with van der Waals surface area (Å²) in [6.45, 7) is 30.9. The van der Waals surface area contributed by atoms with Gasteiger partial charge in [0.2, 0.25) is 10.3 Å². The lowest BCUT2D eigenvalue weighted by atomic mass is 9.49. The summed E-state index contributed by atoms with van der Waals surface area (Å²) in [7, 11) is -6.27. The van der Waals surface area contributed by atoms with Crippen molar-refractivity contribution in [3.8, 4) is 0 Å². The van der Waals surface area contributed by atoms with Gasteiger partial charge in [-0.25, -0.2) is 0 Å². The van der Waals surface area contributed by atoms with Crippen LogP contribution in [0.4, 0.5) is 0 Å². The second-order valence-electron chi connectivity index (χ2n) is 19.0. The lowest BCUT2D eigenvalue weighted by Gasteiger charge is -2.59. The molecule has 0 aromatic heterocycles. The molecule has 1 aromatic rings. The Morgan fingerprint density at radius 1 is 0.851 bits per heavy atom. The Morgan fingerprint density at radius 2 is 1.45 bits per heavy atom. The highest BCUT2D eigenvalue weighted by Gasteiger charge is 2.61. The molecule has 0 N–H and O–H groups in total. The molecule has 8 atom stereocenters. The standard InChI is InChI=1S/C40H64O4SSi2/c1-27(36(45(41)42)28-17-15-14-16-18-28)32-21-22-33-31-20-19-29-25-30(43-46(10,11)37(2,3)4)26-35(44-47(12,13)38(5,6)7)40(29,9)34(31)23-24-39(32,33)8/h14-20,27,30,32-35H,21-26H2,1-13H3/t27?,30-,32-,33+,34+,35+,39-,40+/m1/s1. The van der Waals surface area contributed by atoms with Gasteiger partial charge in [-0.15, -0.1) is 0 Å². The highest BCUT2D eigenvalue weighted by Crippen LogP contribution is 2.67. The molecule has 4 aliphatic rings. The third kappa shape index (κ3) is 6.43. The maximum Gasteiger partial charge on any atom is 0.218 e. The molecule has 0 heterocycles. The molecule has 1 aromatic carbocycles. The average molecular weight is 697 g/mol. The Hall–Kier alpha value is -1.26. The predicted molar refractivity (Wildman–Crippen MR) is 203 cm³/mol. The molecule has 3 fully saturated rings. The van der Waals surface area contributed by atoms with E-state index in [1.54, 1.807) is 5.57 Å². The van der Waals surface area contributed by atoms with Crippen LogP contribution in [0.1, 0.15) is 106 Å². The minimum absolute atomic E-state index is 0.0224. The largest absolute Gasteiger partial charge is 0.414 e. The first-order chi connectivity index (χ1) is 21.5. The summed E-state index contributed by atoms with van der Waals surface area (Å²) in [5.74, 6) is 1.22. The third-order valence-corrected chi connectivity index (χ3v) is 24.4. The summed E-state index contributed by atoms with van der Waals surface area (Å²) in [4.78, 5) is 0.578. The highest BCUT2D eigenvalue weighted by molar-refractivity contribution is 7.73. The van der Waals surface area contributed by atoms with Crippen LogP contribution in [0.3, 0.4) is 0 Å². The zero-order chi connectivity index (χ0) is 35.0. The SMILES string of the molecule is CC(C(c1ccccc1)=S(=O)=O)[C@H]1CC[C@H]2C3=CC=C4C[C@@H](O[Si](C)(C)C(C)(C)C)C[C@H](O[Si](C)(C)C(C)(C)C)[C@]4(C)[C@H]3CC[C@]12C. The molecule has 4 nitrogen and oxygen atoms in total. The molecule has 0 bridgehead atoms. The van der Waals surface area contributed by atoms with Gasteiger partial charge in [-0.3, -0.25) is 0 Å². The van der Waals surface area contributed by atoms with Crippen LogP contribution in [-0.4, -0.2) is 42.1 Å². The van der Waals surface area contributed by atoms with Crippen molar-refractivity contribution in [2.24, 2.45) is 34.5 Å². The summed E-state index contributed by atoms with van der Waals surface area (Å²) in [5, 5.41) is 0.292. The van der Waals surface area contributed by atoms with Crippen LogP contribution >= 0.6 is 0 Å². The quantitative estimate of drug-likeness (QED) is 0.162. The number of benzene rings is 1. The second-order valence-corrected chi connectivity index (χ2v) is 29.5. The minimum Gasteiger partial charge on any atom is -0.414 e. The van der Waals surface area contributed by atoms with Crippen LogP contribution in [-0.2, 0) is 19.1 Å². The first kappa shape index (κ1) is 37.0. The highest BCUT2D eigenvalue weighted by atomic mass is 32.2. The van der Waals surface area contributed by atoms with Crippen LogP contribution in [0.15, 0.2) is 53.6 Å². The zero-order valence-corrected chi connectivity index (χ0v) is 34.6. The van der Waals surface area contributed by atoms with E-state index >= 15 is 0 Å². The van der Waals surface area contributed by atoms with E-state index in [2.05, 4.69) is 101 Å². The number of allylic oxidation sites excluding steroid dienone is 3. The molecule has 0 aliphatic heterocycles. The summed E-state index contributed by atoms with van der Waals surface area (Å²) >= 11 is 0. The van der Waals surface area contributed by atoms with Crippen LogP contribution < -0.4 is 0 Å². The van der Waals surface area contributed by atoms with E-state index in [1.807, 2.05) is 30.3 Å². The number of fused-ring (bicyclic) bond motifs is 5. The molecule has 0 radical (unpaired) electrons. The van der Waals surface area contributed by atoms with Gasteiger partial charge in [0, 0.05) is 5.41 Å². The van der Waals surface area contributed by atoms with Crippen molar-refractivity contribution in [2.45, 2.75) is 149 Å². The first-order valence-corrected chi connectivity index (χ1v) is 25.2. The topological polar surface area (TPSA) is 52.6 Å². The van der Waals surface area contributed by atoms with Crippen LogP contribution in [0.5, 0.6) is 0 Å². The summed E-state index contributed by atoms with van der Waals surface area (Å²) in [6.07, 6.45) is 11.7. The fraction of sp³-hybridized carbons (Fsp3) is 0.725. The van der Waals surface area contributed by atoms with Gasteiger partial charge < -0.3 is 8.85 Å². The fourth-order valence-electron chi connectivity index (χ4n) is 9.55. The van der Waals surface area contributed by atoms with Crippen molar-refractivity contribution in [1.82, 2.24) is 0 Å². The van der Waals surface area contributed by atoms with Crippen LogP contribution in [0.25, 0.3) is 0 Å². The van der Waals surface area contributed by atoms with E-state index in [4.69, 9.17) is 8.85 Å². The van der Waals surface area contributed by atoms with E-state index in [0.29, 0.717) is 22.6 Å². The first-order valence-electron chi connectivity index (χ1n) is 18.3. The monoisotopic (exact) mass is 696 g/mol. The predicted octanol–water partition coefficient (Wildman–Crippen LogP) is 10.6. The van der Waals surface area contributed by atoms with Gasteiger partial charge >= 0.3 is 0 Å². The van der Waals surface area contributed by atoms with Gasteiger partial charge in [-0.2, -0.15) is 8.42 Å². The smallest absolute Gasteiger partial charge is 0.218 e. The van der Waals surface area contributed by atoms with E-state index in [-0.39, 0.29) is 39.0 Å². The summed E-state index contributed by atoms with van der Waals surface area (Å²) in [6, 6.07) is 9.77.